The smallest absolute Gasteiger partial charge is 0.245 e. The molecular weight excluding hydrogens is 414 g/mol. The van der Waals surface area contributed by atoms with Gasteiger partial charge in [0.2, 0.25) is 5.91 Å². The van der Waals surface area contributed by atoms with Crippen molar-refractivity contribution in [3.05, 3.63) is 0 Å². The summed E-state index contributed by atoms with van der Waals surface area (Å²) in [6.07, 6.45) is 9.84. The number of carbonyl (C=O) groups excluding carboxylic acids is 1. The molecule has 190 valence electrons. The van der Waals surface area contributed by atoms with Crippen LogP contribution >= 0.6 is 0 Å². The van der Waals surface area contributed by atoms with Crippen molar-refractivity contribution in [1.82, 2.24) is 5.06 Å². The SMILES string of the molecule is CC[C@H]1[C@@H](O)[C@@H]2[C@H](CC[C@]3(C)[C@@H]([C@H](C)CCC(=O)N(C)OC)CC[C@@H]23)[C@@]2(C)CC[C@@H](O)C[C@@H]12. The molecule has 0 aromatic heterocycles. The standard InChI is InChI=1S/C28H49NO4/c1-7-19-23-16-18(30)12-14-28(23,4)22-13-15-27(3)20(9-10-21(27)25(22)26(19)32)17(2)8-11-24(31)29(5)33-6/h17-23,25-26,30,32H,7-16H2,1-6H3/t17-,18-,19-,20-,21+,22+,23+,25+,26-,27-,28-/m1/s1. The molecule has 5 heteroatoms. The summed E-state index contributed by atoms with van der Waals surface area (Å²) in [4.78, 5) is 17.4. The van der Waals surface area contributed by atoms with Crippen molar-refractivity contribution in [1.29, 1.82) is 0 Å². The molecule has 0 spiro atoms. The fraction of sp³-hybridized carbons (Fsp3) is 0.964. The van der Waals surface area contributed by atoms with Crippen molar-refractivity contribution < 1.29 is 19.8 Å². The monoisotopic (exact) mass is 463 g/mol. The Morgan fingerprint density at radius 2 is 1.73 bits per heavy atom. The van der Waals surface area contributed by atoms with Crippen LogP contribution in [0.15, 0.2) is 0 Å². The highest BCUT2D eigenvalue weighted by Gasteiger charge is 2.64. The molecule has 0 heterocycles. The van der Waals surface area contributed by atoms with E-state index in [1.807, 2.05) is 0 Å². The van der Waals surface area contributed by atoms with Gasteiger partial charge in [0.15, 0.2) is 0 Å². The van der Waals surface area contributed by atoms with Crippen molar-refractivity contribution in [3.8, 4) is 0 Å². The van der Waals surface area contributed by atoms with Gasteiger partial charge in [-0.1, -0.05) is 34.1 Å². The van der Waals surface area contributed by atoms with Gasteiger partial charge < -0.3 is 10.2 Å². The van der Waals surface area contributed by atoms with E-state index in [1.54, 1.807) is 14.2 Å². The van der Waals surface area contributed by atoms with Gasteiger partial charge in [-0.15, -0.1) is 0 Å². The molecule has 5 nitrogen and oxygen atoms in total. The summed E-state index contributed by atoms with van der Waals surface area (Å²) in [5.74, 6) is 3.49. The molecule has 4 saturated carbocycles. The maximum Gasteiger partial charge on any atom is 0.245 e. The van der Waals surface area contributed by atoms with Crippen molar-refractivity contribution >= 4 is 5.91 Å². The van der Waals surface area contributed by atoms with Crippen LogP contribution in [0.25, 0.3) is 0 Å². The minimum Gasteiger partial charge on any atom is -0.393 e. The van der Waals surface area contributed by atoms with Gasteiger partial charge in [0.25, 0.3) is 0 Å². The molecule has 4 rings (SSSR count). The number of fused-ring (bicyclic) bond motifs is 5. The van der Waals surface area contributed by atoms with E-state index in [4.69, 9.17) is 4.84 Å². The first-order valence-corrected chi connectivity index (χ1v) is 13.7. The van der Waals surface area contributed by atoms with Gasteiger partial charge in [0.05, 0.1) is 19.3 Å². The van der Waals surface area contributed by atoms with Crippen molar-refractivity contribution in [2.24, 2.45) is 52.3 Å². The van der Waals surface area contributed by atoms with E-state index in [-0.39, 0.29) is 28.9 Å². The second-order valence-corrected chi connectivity index (χ2v) is 12.7. The topological polar surface area (TPSA) is 70.0 Å². The quantitative estimate of drug-likeness (QED) is 0.541. The Morgan fingerprint density at radius 1 is 1.06 bits per heavy atom. The van der Waals surface area contributed by atoms with E-state index >= 15 is 0 Å². The van der Waals surface area contributed by atoms with Crippen molar-refractivity contribution in [2.75, 3.05) is 14.2 Å². The van der Waals surface area contributed by atoms with Crippen LogP contribution in [-0.2, 0) is 9.63 Å². The number of aliphatic hydroxyl groups is 2. The highest BCUT2D eigenvalue weighted by Crippen LogP contribution is 2.69. The molecule has 11 atom stereocenters. The Bertz CT molecular complexity index is 714. The first kappa shape index (κ1) is 25.4. The molecule has 0 aromatic rings. The van der Waals surface area contributed by atoms with E-state index in [0.29, 0.717) is 47.8 Å². The fourth-order valence-electron chi connectivity index (χ4n) is 9.74. The molecule has 4 aliphatic rings. The number of aliphatic hydroxyl groups excluding tert-OH is 2. The molecule has 4 fully saturated rings. The Kier molecular flexibility index (Phi) is 7.27. The van der Waals surface area contributed by atoms with Crippen LogP contribution in [0, 0.1) is 52.3 Å². The average molecular weight is 464 g/mol. The van der Waals surface area contributed by atoms with Gasteiger partial charge in [-0.05, 0) is 104 Å². The minimum absolute atomic E-state index is 0.0553. The van der Waals surface area contributed by atoms with Crippen LogP contribution in [0.2, 0.25) is 0 Å². The molecule has 0 aromatic carbocycles. The molecule has 0 aliphatic heterocycles. The van der Waals surface area contributed by atoms with Gasteiger partial charge in [-0.3, -0.25) is 9.63 Å². The number of hydrogen-bond acceptors (Lipinski definition) is 4. The Labute approximate surface area is 201 Å². The van der Waals surface area contributed by atoms with Crippen LogP contribution in [0.4, 0.5) is 0 Å². The van der Waals surface area contributed by atoms with Crippen molar-refractivity contribution in [2.45, 2.75) is 104 Å². The zero-order valence-corrected chi connectivity index (χ0v) is 21.9. The number of amides is 1. The molecular formula is C28H49NO4. The number of hydrogen-bond donors (Lipinski definition) is 2. The molecule has 0 radical (unpaired) electrons. The van der Waals surface area contributed by atoms with Gasteiger partial charge in [0, 0.05) is 13.5 Å². The van der Waals surface area contributed by atoms with Gasteiger partial charge in [0.1, 0.15) is 0 Å². The second-order valence-electron chi connectivity index (χ2n) is 12.7. The second kappa shape index (κ2) is 9.43. The normalized spacial score (nSPS) is 47.9. The third kappa shape index (κ3) is 4.08. The molecule has 0 unspecified atom stereocenters. The van der Waals surface area contributed by atoms with Crippen LogP contribution in [0.5, 0.6) is 0 Å². The summed E-state index contributed by atoms with van der Waals surface area (Å²) in [7, 11) is 3.23. The average Bonchev–Trinajstić information content (AvgIpc) is 3.15. The molecule has 4 aliphatic carbocycles. The summed E-state index contributed by atoms with van der Waals surface area (Å²) >= 11 is 0. The number of rotatable bonds is 6. The third-order valence-electron chi connectivity index (χ3n) is 11.6. The summed E-state index contributed by atoms with van der Waals surface area (Å²) in [5, 5.41) is 23.6. The van der Waals surface area contributed by atoms with Crippen LogP contribution in [0.1, 0.15) is 91.9 Å². The highest BCUT2D eigenvalue weighted by atomic mass is 16.7. The van der Waals surface area contributed by atoms with Crippen molar-refractivity contribution in [3.63, 3.8) is 0 Å². The molecule has 33 heavy (non-hydrogen) atoms. The Hall–Kier alpha value is -0.650. The summed E-state index contributed by atoms with van der Waals surface area (Å²) in [6, 6.07) is 0. The van der Waals surface area contributed by atoms with Gasteiger partial charge in [-0.25, -0.2) is 5.06 Å². The van der Waals surface area contributed by atoms with Gasteiger partial charge >= 0.3 is 0 Å². The van der Waals surface area contributed by atoms with Crippen LogP contribution < -0.4 is 0 Å². The summed E-state index contributed by atoms with van der Waals surface area (Å²) in [5.41, 5.74) is 0.513. The van der Waals surface area contributed by atoms with Crippen LogP contribution in [-0.4, -0.2) is 47.5 Å². The maximum atomic E-state index is 12.3. The third-order valence-corrected chi connectivity index (χ3v) is 11.6. The molecule has 1 amide bonds. The predicted octanol–water partition coefficient (Wildman–Crippen LogP) is 5.05. The lowest BCUT2D eigenvalue weighted by atomic mass is 9.41. The fourth-order valence-corrected chi connectivity index (χ4v) is 9.74. The molecule has 0 saturated heterocycles. The first-order valence-electron chi connectivity index (χ1n) is 13.7. The van der Waals surface area contributed by atoms with E-state index in [0.717, 1.165) is 32.1 Å². The van der Waals surface area contributed by atoms with E-state index in [9.17, 15) is 15.0 Å². The molecule has 2 N–H and O–H groups in total. The number of hydroxylamine groups is 2. The summed E-state index contributed by atoms with van der Waals surface area (Å²) in [6.45, 7) is 9.60. The largest absolute Gasteiger partial charge is 0.393 e. The lowest BCUT2D eigenvalue weighted by molar-refractivity contribution is -0.203. The van der Waals surface area contributed by atoms with E-state index in [2.05, 4.69) is 27.7 Å². The Balaban J connectivity index is 1.54. The predicted molar refractivity (Wildman–Crippen MR) is 130 cm³/mol. The van der Waals surface area contributed by atoms with E-state index in [1.165, 1.54) is 30.7 Å². The molecule has 0 bridgehead atoms. The Morgan fingerprint density at radius 3 is 2.39 bits per heavy atom. The van der Waals surface area contributed by atoms with Gasteiger partial charge in [-0.2, -0.15) is 0 Å². The van der Waals surface area contributed by atoms with E-state index < -0.39 is 0 Å². The zero-order chi connectivity index (χ0) is 24.1. The zero-order valence-electron chi connectivity index (χ0n) is 21.9. The summed E-state index contributed by atoms with van der Waals surface area (Å²) < 4.78 is 0. The maximum absolute atomic E-state index is 12.3. The number of carbonyl (C=O) groups is 1. The highest BCUT2D eigenvalue weighted by molar-refractivity contribution is 5.74. The lowest BCUT2D eigenvalue weighted by Crippen LogP contribution is -2.62. The lowest BCUT2D eigenvalue weighted by Gasteiger charge is -2.64. The minimum atomic E-state index is -0.237. The first-order chi connectivity index (χ1) is 15.6. The number of nitrogens with zero attached hydrogens (tertiary/aromatic N) is 1. The van der Waals surface area contributed by atoms with Crippen LogP contribution in [0.3, 0.4) is 0 Å².